The first-order valence-electron chi connectivity index (χ1n) is 7.81. The highest BCUT2D eigenvalue weighted by molar-refractivity contribution is 6.11. The predicted octanol–water partition coefficient (Wildman–Crippen LogP) is 4.83. The van der Waals surface area contributed by atoms with Crippen molar-refractivity contribution in [3.63, 3.8) is 0 Å². The fraction of sp³-hybridized carbons (Fsp3) is 0.316. The van der Waals surface area contributed by atoms with Gasteiger partial charge in [0.2, 0.25) is 0 Å². The van der Waals surface area contributed by atoms with Crippen LogP contribution in [0.25, 0.3) is 0 Å². The number of anilines is 1. The molecule has 0 fully saturated rings. The lowest BCUT2D eigenvalue weighted by molar-refractivity contribution is -0.137. The number of carbonyl (C=O) groups excluding carboxylic acids is 1. The van der Waals surface area contributed by atoms with Gasteiger partial charge in [-0.2, -0.15) is 13.2 Å². The van der Waals surface area contributed by atoms with Crippen LogP contribution in [-0.4, -0.2) is 18.6 Å². The molecule has 3 nitrogen and oxygen atoms in total. The molecule has 132 valence electrons. The van der Waals surface area contributed by atoms with Crippen molar-refractivity contribution < 1.29 is 22.7 Å². The molecule has 1 amide bonds. The minimum absolute atomic E-state index is 0.200. The van der Waals surface area contributed by atoms with E-state index < -0.39 is 23.4 Å². The fourth-order valence-electron chi connectivity index (χ4n) is 3.21. The SMILES string of the molecule is COC(C)(C)C1c2ccccc2C(=O)N1c1cccc(C(F)(F)F)c1. The summed E-state index contributed by atoms with van der Waals surface area (Å²) in [5.41, 5.74) is -0.142. The second-order valence-electron chi connectivity index (χ2n) is 6.52. The van der Waals surface area contributed by atoms with Crippen LogP contribution in [0, 0.1) is 0 Å². The van der Waals surface area contributed by atoms with Crippen LogP contribution >= 0.6 is 0 Å². The summed E-state index contributed by atoms with van der Waals surface area (Å²) in [4.78, 5) is 14.3. The van der Waals surface area contributed by atoms with Crippen LogP contribution in [0.15, 0.2) is 48.5 Å². The number of halogens is 3. The van der Waals surface area contributed by atoms with Gasteiger partial charge in [-0.25, -0.2) is 0 Å². The van der Waals surface area contributed by atoms with E-state index in [2.05, 4.69) is 0 Å². The molecule has 0 bridgehead atoms. The van der Waals surface area contributed by atoms with Crippen molar-refractivity contribution in [1.82, 2.24) is 0 Å². The number of carbonyl (C=O) groups is 1. The number of ether oxygens (including phenoxy) is 1. The maximum absolute atomic E-state index is 13.1. The third-order valence-corrected chi connectivity index (χ3v) is 4.60. The first-order chi connectivity index (χ1) is 11.7. The summed E-state index contributed by atoms with van der Waals surface area (Å²) >= 11 is 0. The number of hydrogen-bond acceptors (Lipinski definition) is 2. The monoisotopic (exact) mass is 349 g/mol. The molecule has 1 aliphatic heterocycles. The summed E-state index contributed by atoms with van der Waals surface area (Å²) < 4.78 is 44.8. The Kier molecular flexibility index (Phi) is 4.11. The van der Waals surface area contributed by atoms with Crippen LogP contribution < -0.4 is 4.90 Å². The van der Waals surface area contributed by atoms with E-state index >= 15 is 0 Å². The van der Waals surface area contributed by atoms with E-state index in [4.69, 9.17) is 4.74 Å². The number of methoxy groups -OCH3 is 1. The second-order valence-corrected chi connectivity index (χ2v) is 6.52. The van der Waals surface area contributed by atoms with Gasteiger partial charge in [-0.05, 0) is 43.7 Å². The molecule has 0 saturated heterocycles. The number of fused-ring (bicyclic) bond motifs is 1. The van der Waals surface area contributed by atoms with Crippen LogP contribution in [-0.2, 0) is 10.9 Å². The van der Waals surface area contributed by atoms with Crippen LogP contribution in [0.1, 0.15) is 41.4 Å². The van der Waals surface area contributed by atoms with Gasteiger partial charge in [-0.1, -0.05) is 24.3 Å². The van der Waals surface area contributed by atoms with Gasteiger partial charge < -0.3 is 4.74 Å². The van der Waals surface area contributed by atoms with E-state index in [1.165, 1.54) is 24.1 Å². The van der Waals surface area contributed by atoms with Crippen LogP contribution in [0.3, 0.4) is 0 Å². The van der Waals surface area contributed by atoms with Crippen molar-refractivity contribution in [2.45, 2.75) is 31.7 Å². The lowest BCUT2D eigenvalue weighted by atomic mass is 9.91. The molecule has 0 spiro atoms. The van der Waals surface area contributed by atoms with Crippen LogP contribution in [0.4, 0.5) is 18.9 Å². The molecule has 0 aliphatic carbocycles. The Morgan fingerprint density at radius 2 is 1.72 bits per heavy atom. The van der Waals surface area contributed by atoms with E-state index in [-0.39, 0.29) is 11.6 Å². The molecule has 2 aromatic carbocycles. The first kappa shape index (κ1) is 17.5. The van der Waals surface area contributed by atoms with Crippen molar-refractivity contribution in [3.05, 3.63) is 65.2 Å². The predicted molar refractivity (Wildman–Crippen MR) is 88.5 cm³/mol. The molecule has 0 N–H and O–H groups in total. The lowest BCUT2D eigenvalue weighted by Gasteiger charge is -2.37. The summed E-state index contributed by atoms with van der Waals surface area (Å²) in [7, 11) is 1.52. The smallest absolute Gasteiger partial charge is 0.376 e. The molecule has 1 unspecified atom stereocenters. The van der Waals surface area contributed by atoms with Crippen molar-refractivity contribution in [2.75, 3.05) is 12.0 Å². The summed E-state index contributed by atoms with van der Waals surface area (Å²) in [6, 6.07) is 11.3. The average molecular weight is 349 g/mol. The highest BCUT2D eigenvalue weighted by Gasteiger charge is 2.46. The molecule has 6 heteroatoms. The van der Waals surface area contributed by atoms with E-state index in [9.17, 15) is 18.0 Å². The zero-order valence-corrected chi connectivity index (χ0v) is 14.1. The summed E-state index contributed by atoms with van der Waals surface area (Å²) in [5.74, 6) is -0.329. The second kappa shape index (κ2) is 5.88. The topological polar surface area (TPSA) is 29.5 Å². The van der Waals surface area contributed by atoms with Gasteiger partial charge >= 0.3 is 6.18 Å². The average Bonchev–Trinajstić information content (AvgIpc) is 2.88. The van der Waals surface area contributed by atoms with Gasteiger partial charge in [-0.15, -0.1) is 0 Å². The molecule has 25 heavy (non-hydrogen) atoms. The number of nitrogens with zero attached hydrogens (tertiary/aromatic N) is 1. The minimum atomic E-state index is -4.47. The van der Waals surface area contributed by atoms with E-state index in [1.807, 2.05) is 19.9 Å². The van der Waals surface area contributed by atoms with Crippen molar-refractivity contribution in [1.29, 1.82) is 0 Å². The van der Waals surface area contributed by atoms with E-state index in [0.29, 0.717) is 5.56 Å². The highest BCUT2D eigenvalue weighted by Crippen LogP contribution is 2.45. The van der Waals surface area contributed by atoms with Gasteiger partial charge in [0.1, 0.15) is 0 Å². The molecular formula is C19H18F3NO2. The summed E-state index contributed by atoms with van der Waals surface area (Å²) in [6.07, 6.45) is -4.47. The van der Waals surface area contributed by atoms with Crippen molar-refractivity contribution in [2.24, 2.45) is 0 Å². The third kappa shape index (κ3) is 2.91. The molecule has 1 aliphatic rings. The third-order valence-electron chi connectivity index (χ3n) is 4.60. The van der Waals surface area contributed by atoms with Crippen molar-refractivity contribution >= 4 is 11.6 Å². The van der Waals surface area contributed by atoms with Crippen LogP contribution in [0.2, 0.25) is 0 Å². The standard InChI is InChI=1S/C19H18F3NO2/c1-18(2,25-3)16-14-9-4-5-10-15(14)17(24)23(16)13-8-6-7-12(11-13)19(20,21)22/h4-11,16H,1-3H3. The largest absolute Gasteiger partial charge is 0.416 e. The first-order valence-corrected chi connectivity index (χ1v) is 7.81. The molecule has 3 rings (SSSR count). The van der Waals surface area contributed by atoms with E-state index in [0.717, 1.165) is 17.7 Å². The van der Waals surface area contributed by atoms with Gasteiger partial charge in [-0.3, -0.25) is 9.69 Å². The fourth-order valence-corrected chi connectivity index (χ4v) is 3.21. The molecule has 1 heterocycles. The maximum atomic E-state index is 13.1. The molecular weight excluding hydrogens is 331 g/mol. The number of benzene rings is 2. The quantitative estimate of drug-likeness (QED) is 0.794. The molecule has 1 atom stereocenters. The van der Waals surface area contributed by atoms with Crippen LogP contribution in [0.5, 0.6) is 0 Å². The molecule has 2 aromatic rings. The zero-order valence-electron chi connectivity index (χ0n) is 14.1. The minimum Gasteiger partial charge on any atom is -0.376 e. The summed E-state index contributed by atoms with van der Waals surface area (Å²) in [5, 5.41) is 0. The maximum Gasteiger partial charge on any atom is 0.416 e. The van der Waals surface area contributed by atoms with Gasteiger partial charge in [0.15, 0.2) is 0 Å². The van der Waals surface area contributed by atoms with E-state index in [1.54, 1.807) is 18.2 Å². The molecule has 0 saturated carbocycles. The molecule has 0 aromatic heterocycles. The Morgan fingerprint density at radius 1 is 1.04 bits per heavy atom. The molecule has 0 radical (unpaired) electrons. The Morgan fingerprint density at radius 3 is 2.36 bits per heavy atom. The Hall–Kier alpha value is -2.34. The highest BCUT2D eigenvalue weighted by atomic mass is 19.4. The zero-order chi connectivity index (χ0) is 18.4. The number of rotatable bonds is 3. The normalized spacial score (nSPS) is 17.8. The van der Waals surface area contributed by atoms with Gasteiger partial charge in [0, 0.05) is 18.4 Å². The Labute approximate surface area is 144 Å². The Bertz CT molecular complexity index is 814. The van der Waals surface area contributed by atoms with Gasteiger partial charge in [0.25, 0.3) is 5.91 Å². The lowest BCUT2D eigenvalue weighted by Crippen LogP contribution is -2.42. The number of alkyl halides is 3. The number of amides is 1. The van der Waals surface area contributed by atoms with Crippen molar-refractivity contribution in [3.8, 4) is 0 Å². The van der Waals surface area contributed by atoms with Gasteiger partial charge in [0.05, 0.1) is 17.2 Å². The summed E-state index contributed by atoms with van der Waals surface area (Å²) in [6.45, 7) is 3.63. The Balaban J connectivity index is 2.16. The number of hydrogen-bond donors (Lipinski definition) is 0.